The minimum absolute atomic E-state index is 0.0372. The van der Waals surface area contributed by atoms with Gasteiger partial charge in [0.25, 0.3) is 0 Å². The van der Waals surface area contributed by atoms with Crippen molar-refractivity contribution in [1.29, 1.82) is 0 Å². The number of carbonyl (C=O) groups is 2. The Morgan fingerprint density at radius 3 is 1.69 bits per heavy atom. The van der Waals surface area contributed by atoms with Crippen molar-refractivity contribution >= 4 is 27.6 Å². The van der Waals surface area contributed by atoms with Crippen molar-refractivity contribution in [3.8, 4) is 0 Å². The molecule has 0 saturated heterocycles. The number of rotatable bonds is 36. The van der Waals surface area contributed by atoms with Gasteiger partial charge in [0.2, 0.25) is 0 Å². The fraction of sp³-hybridized carbons (Fsp3) is 0.689. The largest absolute Gasteiger partial charge is 0.472 e. The molecule has 5 unspecified atom stereocenters. The van der Waals surface area contributed by atoms with Crippen LogP contribution in [0.5, 0.6) is 0 Å². The predicted octanol–water partition coefficient (Wildman–Crippen LogP) is 6.00. The number of phosphoric ester groups is 2. The second kappa shape index (κ2) is 35.5. The van der Waals surface area contributed by atoms with Crippen LogP contribution in [-0.4, -0.2) is 125 Å². The summed E-state index contributed by atoms with van der Waals surface area (Å²) >= 11 is 0. The molecule has 374 valence electrons. The molecule has 0 aromatic heterocycles. The molecule has 9 N–H and O–H groups in total. The number of hydrogen-bond donors (Lipinski definition) is 9. The van der Waals surface area contributed by atoms with Gasteiger partial charge in [-0.2, -0.15) is 0 Å². The van der Waals surface area contributed by atoms with Crippen LogP contribution >= 0.6 is 15.6 Å². The average Bonchev–Trinajstić information content (AvgIpc) is 3.25. The van der Waals surface area contributed by atoms with Crippen LogP contribution in [0.3, 0.4) is 0 Å². The highest BCUT2D eigenvalue weighted by atomic mass is 31.2. The van der Waals surface area contributed by atoms with Gasteiger partial charge in [-0.3, -0.25) is 23.2 Å². The zero-order valence-corrected chi connectivity index (χ0v) is 39.6. The number of phosphoric acid groups is 2. The molecule has 0 amide bonds. The Labute approximate surface area is 384 Å². The van der Waals surface area contributed by atoms with Gasteiger partial charge in [-0.1, -0.05) is 112 Å². The lowest BCUT2D eigenvalue weighted by atomic mass is 9.85. The van der Waals surface area contributed by atoms with Gasteiger partial charge in [0.1, 0.15) is 43.2 Å². The van der Waals surface area contributed by atoms with E-state index in [4.69, 9.17) is 28.3 Å². The van der Waals surface area contributed by atoms with Gasteiger partial charge in [-0.15, -0.1) is 0 Å². The molecular weight excluding hydrogens is 890 g/mol. The van der Waals surface area contributed by atoms with Crippen LogP contribution in [0.15, 0.2) is 72.9 Å². The van der Waals surface area contributed by atoms with E-state index >= 15 is 0 Å². The molecular formula is C45H76O18P2. The maximum absolute atomic E-state index is 13.0. The molecule has 0 radical (unpaired) electrons. The first-order valence-electron chi connectivity index (χ1n) is 22.6. The van der Waals surface area contributed by atoms with E-state index in [0.29, 0.717) is 12.8 Å². The van der Waals surface area contributed by atoms with Crippen LogP contribution in [0.4, 0.5) is 0 Å². The van der Waals surface area contributed by atoms with E-state index in [0.717, 1.165) is 70.6 Å². The van der Waals surface area contributed by atoms with Crippen molar-refractivity contribution < 1.29 is 87.1 Å². The molecule has 0 spiro atoms. The Kier molecular flexibility index (Phi) is 33.0. The number of esters is 2. The quantitative estimate of drug-likeness (QED) is 0.0151. The van der Waals surface area contributed by atoms with E-state index in [-0.39, 0.29) is 32.1 Å². The van der Waals surface area contributed by atoms with Crippen LogP contribution < -0.4 is 0 Å². The van der Waals surface area contributed by atoms with Crippen molar-refractivity contribution in [3.63, 3.8) is 0 Å². The Morgan fingerprint density at radius 1 is 0.569 bits per heavy atom. The summed E-state index contributed by atoms with van der Waals surface area (Å²) in [6.45, 7) is 2.64. The van der Waals surface area contributed by atoms with Gasteiger partial charge in [0, 0.05) is 12.8 Å². The van der Waals surface area contributed by atoms with E-state index in [1.807, 2.05) is 18.2 Å². The monoisotopic (exact) mass is 966 g/mol. The SMILES string of the molecule is CC/C=C\C/C=C\C/C=C\C/C=C\C[C@H](O)[C@@H](O)CCCC(=O)OC[C@H](COP(=O)(O)O[C@H]1C(O)C(O)C(O)[C@@H](OP(=O)(O)O)C1O)OC(=O)CCCCCCC/C=C\C/C=C\CCC. The van der Waals surface area contributed by atoms with Crippen molar-refractivity contribution in [3.05, 3.63) is 72.9 Å². The number of aliphatic hydroxyl groups is 6. The smallest absolute Gasteiger partial charge is 0.462 e. The summed E-state index contributed by atoms with van der Waals surface area (Å²) in [5.74, 6) is -1.52. The molecule has 10 atom stereocenters. The van der Waals surface area contributed by atoms with Crippen molar-refractivity contribution in [2.24, 2.45) is 0 Å². The highest BCUT2D eigenvalue weighted by molar-refractivity contribution is 7.47. The molecule has 0 bridgehead atoms. The molecule has 1 aliphatic carbocycles. The fourth-order valence-electron chi connectivity index (χ4n) is 6.33. The zero-order valence-electron chi connectivity index (χ0n) is 37.9. The van der Waals surface area contributed by atoms with Gasteiger partial charge >= 0.3 is 27.6 Å². The van der Waals surface area contributed by atoms with Gasteiger partial charge in [-0.05, 0) is 77.0 Å². The molecule has 18 nitrogen and oxygen atoms in total. The highest BCUT2D eigenvalue weighted by Gasteiger charge is 2.54. The van der Waals surface area contributed by atoms with E-state index in [2.05, 4.69) is 67.0 Å². The lowest BCUT2D eigenvalue weighted by Crippen LogP contribution is -2.64. The van der Waals surface area contributed by atoms with Crippen LogP contribution in [0, 0.1) is 0 Å². The van der Waals surface area contributed by atoms with Crippen LogP contribution in [-0.2, 0) is 41.8 Å². The first kappa shape index (κ1) is 60.4. The molecule has 20 heteroatoms. The summed E-state index contributed by atoms with van der Waals surface area (Å²) in [5, 5.41) is 61.9. The number of allylic oxidation sites excluding steroid dienone is 11. The second-order valence-corrected chi connectivity index (χ2v) is 18.3. The third-order valence-corrected chi connectivity index (χ3v) is 11.4. The number of aliphatic hydroxyl groups excluding tert-OH is 6. The van der Waals surface area contributed by atoms with Gasteiger partial charge in [0.15, 0.2) is 6.10 Å². The Morgan fingerprint density at radius 2 is 1.09 bits per heavy atom. The molecule has 1 rings (SSSR count). The van der Waals surface area contributed by atoms with E-state index in [9.17, 15) is 54.3 Å². The molecule has 1 saturated carbocycles. The third kappa shape index (κ3) is 29.7. The van der Waals surface area contributed by atoms with Crippen molar-refractivity contribution in [2.75, 3.05) is 13.2 Å². The Bertz CT molecular complexity index is 1580. The number of ether oxygens (including phenoxy) is 2. The van der Waals surface area contributed by atoms with Crippen LogP contribution in [0.25, 0.3) is 0 Å². The molecule has 0 aliphatic heterocycles. The summed E-state index contributed by atoms with van der Waals surface area (Å²) in [5.41, 5.74) is 0. The number of unbranched alkanes of at least 4 members (excludes halogenated alkanes) is 6. The lowest BCUT2D eigenvalue weighted by molar-refractivity contribution is -0.216. The minimum Gasteiger partial charge on any atom is -0.462 e. The van der Waals surface area contributed by atoms with Gasteiger partial charge in [0.05, 0.1) is 18.8 Å². The first-order chi connectivity index (χ1) is 30.9. The molecule has 1 fully saturated rings. The van der Waals surface area contributed by atoms with E-state index in [1.54, 1.807) is 6.08 Å². The van der Waals surface area contributed by atoms with Gasteiger partial charge in [-0.25, -0.2) is 9.13 Å². The topological polar surface area (TPSA) is 296 Å². The van der Waals surface area contributed by atoms with Crippen molar-refractivity contribution in [2.45, 2.75) is 184 Å². The first-order valence-corrected chi connectivity index (χ1v) is 25.7. The summed E-state index contributed by atoms with van der Waals surface area (Å²) < 4.78 is 49.1. The molecule has 0 aromatic carbocycles. The molecule has 0 aromatic rings. The lowest BCUT2D eigenvalue weighted by Gasteiger charge is -2.43. The van der Waals surface area contributed by atoms with E-state index in [1.165, 1.54) is 0 Å². The van der Waals surface area contributed by atoms with E-state index < -0.39 is 95.7 Å². The standard InChI is InChI=1S/C45H76O18P2/c1-3-5-7-9-11-13-15-17-19-21-23-25-27-31-39(49)61-35(34-60-65(57,58)63-45-42(52)40(50)41(51)44(43(45)53)62-64(54,55)56)33-59-38(48)32-28-30-37(47)36(46)29-26-24-22-20-18-16-14-12-10-8-6-4-2/h6-9,12-15,18,20,24,26,35-37,40-47,50-53H,3-5,10-11,16-17,19,21-23,25,27-34H2,1-2H3,(H,57,58)(H2,54,55,56)/b8-6-,9-7-,14-12-,15-13-,20-18-,26-24-/t35-,36+,37+,40?,41?,42?,43?,44-,45+/m1/s1. The van der Waals surface area contributed by atoms with Crippen molar-refractivity contribution in [1.82, 2.24) is 0 Å². The predicted molar refractivity (Wildman–Crippen MR) is 244 cm³/mol. The normalized spacial score (nSPS) is 23.3. The summed E-state index contributed by atoms with van der Waals surface area (Å²) in [4.78, 5) is 54.2. The maximum Gasteiger partial charge on any atom is 0.472 e. The molecule has 0 heterocycles. The number of carbonyl (C=O) groups excluding carboxylic acids is 2. The summed E-state index contributed by atoms with van der Waals surface area (Å²) in [6, 6.07) is 0. The zero-order chi connectivity index (χ0) is 48.5. The second-order valence-electron chi connectivity index (χ2n) is 15.7. The fourth-order valence-corrected chi connectivity index (χ4v) is 7.86. The molecule has 1 aliphatic rings. The van der Waals surface area contributed by atoms with Gasteiger partial charge < -0.3 is 54.8 Å². The minimum atomic E-state index is -5.40. The van der Waals surface area contributed by atoms with Crippen LogP contribution in [0.2, 0.25) is 0 Å². The highest BCUT2D eigenvalue weighted by Crippen LogP contribution is 2.49. The number of hydrogen-bond acceptors (Lipinski definition) is 15. The maximum atomic E-state index is 13.0. The third-order valence-electron chi connectivity index (χ3n) is 9.95. The Hall–Kier alpha value is -2.64. The Balaban J connectivity index is 2.73. The van der Waals surface area contributed by atoms with Crippen LogP contribution in [0.1, 0.15) is 129 Å². The average molecular weight is 967 g/mol. The molecule has 65 heavy (non-hydrogen) atoms. The summed E-state index contributed by atoms with van der Waals surface area (Å²) in [6.07, 6.45) is 18.9. The summed E-state index contributed by atoms with van der Waals surface area (Å²) in [7, 11) is -10.8.